The van der Waals surface area contributed by atoms with E-state index >= 15 is 0 Å². The molecule has 3 fully saturated rings. The van der Waals surface area contributed by atoms with Crippen LogP contribution in [-0.4, -0.2) is 150 Å². The molecule has 6 heterocycles. The Bertz CT molecular complexity index is 5020. The van der Waals surface area contributed by atoms with Crippen LogP contribution in [0.15, 0.2) is 36.3 Å². The number of piperidine rings is 3. The number of carbonyl (C=O) groups is 3. The van der Waals surface area contributed by atoms with Gasteiger partial charge in [0.05, 0.1) is 65.8 Å². The summed E-state index contributed by atoms with van der Waals surface area (Å²) in [6.45, 7) is -3.96. The first-order valence-corrected chi connectivity index (χ1v) is 29.1. The zero-order chi connectivity index (χ0) is 105. The molecule has 0 aromatic heterocycles. The van der Waals surface area contributed by atoms with E-state index in [1.54, 1.807) is 27.7 Å². The van der Waals surface area contributed by atoms with Crippen LogP contribution in [0.1, 0.15) is 233 Å². The van der Waals surface area contributed by atoms with Gasteiger partial charge in [0.25, 0.3) is 0 Å². The van der Waals surface area contributed by atoms with Crippen molar-refractivity contribution >= 4 is 17.9 Å². The molecule has 0 amide bonds. The molecule has 3 aromatic rings. The van der Waals surface area contributed by atoms with E-state index in [9.17, 15) is 41.8 Å². The topological polar surface area (TPSA) is 222 Å². The second-order valence-corrected chi connectivity index (χ2v) is 23.4. The third-order valence-corrected chi connectivity index (χ3v) is 13.9. The van der Waals surface area contributed by atoms with Crippen LogP contribution in [0.2, 0.25) is 0 Å². The van der Waals surface area contributed by atoms with Crippen LogP contribution in [0, 0.1) is 53.2 Å². The van der Waals surface area contributed by atoms with E-state index in [1.165, 1.54) is 55.4 Å². The summed E-state index contributed by atoms with van der Waals surface area (Å²) in [5, 5.41) is 0. The summed E-state index contributed by atoms with van der Waals surface area (Å²) in [5.41, 5.74) is 11.0. The Kier molecular flexibility index (Phi) is 11.8. The summed E-state index contributed by atoms with van der Waals surface area (Å²) >= 11 is 0. The molecular weight excluding hydrogens is 1140 g/mol. The Labute approximate surface area is 601 Å². The molecule has 9 rings (SSSR count). The number of ether oxygens (including phenoxy) is 9. The summed E-state index contributed by atoms with van der Waals surface area (Å²) < 4.78 is 437. The van der Waals surface area contributed by atoms with Crippen LogP contribution in [-0.2, 0) is 47.7 Å². The number of nitrogens with zero attached hydrogens (tertiary/aromatic N) is 3. The zero-order valence-corrected chi connectivity index (χ0v) is 53.4. The minimum Gasteiger partial charge on any atom is -0.493 e. The number of methoxy groups -OCH3 is 6. The van der Waals surface area contributed by atoms with Crippen molar-refractivity contribution in [1.29, 1.82) is 0 Å². The lowest BCUT2D eigenvalue weighted by molar-refractivity contribution is -0.161. The van der Waals surface area contributed by atoms with Crippen molar-refractivity contribution in [2.75, 3.05) is 81.5 Å². The summed E-state index contributed by atoms with van der Waals surface area (Å²) in [4.78, 5) is 39.2. The van der Waals surface area contributed by atoms with Crippen LogP contribution in [0.3, 0.4) is 0 Å². The molecular formula is C72H114N6O12. The molecule has 18 nitrogen and oxygen atoms in total. The molecule has 6 aliphatic rings. The lowest BCUT2D eigenvalue weighted by Gasteiger charge is -2.47. The molecule has 9 unspecified atom stereocenters. The van der Waals surface area contributed by atoms with Crippen LogP contribution in [0.25, 0.3) is 0 Å². The second kappa shape index (κ2) is 32.5. The third kappa shape index (κ3) is 17.5. The number of esters is 3. The molecule has 18 heteroatoms. The Hall–Kier alpha value is -5.37. The molecule has 6 aliphatic heterocycles. The van der Waals surface area contributed by atoms with Gasteiger partial charge < -0.3 is 59.8 Å². The maximum absolute atomic E-state index is 13.3. The molecule has 12 atom stereocenters. The average Bonchev–Trinajstić information content (AvgIpc) is 0.647. The molecule has 504 valence electrons. The Balaban J connectivity index is 0.000000274. The van der Waals surface area contributed by atoms with Crippen molar-refractivity contribution in [2.45, 2.75) is 195 Å². The van der Waals surface area contributed by atoms with Crippen molar-refractivity contribution in [1.82, 2.24) is 14.7 Å². The quantitative estimate of drug-likeness (QED) is 0.0666. The van der Waals surface area contributed by atoms with Crippen molar-refractivity contribution in [3.8, 4) is 34.5 Å². The summed E-state index contributed by atoms with van der Waals surface area (Å²) in [7, 11) is -2.63. The minimum atomic E-state index is -3.92. The van der Waals surface area contributed by atoms with Gasteiger partial charge in [-0.2, -0.15) is 0 Å². The van der Waals surface area contributed by atoms with Gasteiger partial charge in [0.15, 0.2) is 34.5 Å². The maximum Gasteiger partial charge on any atom is 0.323 e. The lowest BCUT2D eigenvalue weighted by Crippen LogP contribution is -2.51. The van der Waals surface area contributed by atoms with E-state index in [-0.39, 0.29) is 14.7 Å². The Morgan fingerprint density at radius 1 is 0.467 bits per heavy atom. The lowest BCUT2D eigenvalue weighted by atomic mass is 9.79. The summed E-state index contributed by atoms with van der Waals surface area (Å²) in [6.07, 6.45) is -33.8. The fourth-order valence-corrected chi connectivity index (χ4v) is 8.85. The molecule has 3 aromatic carbocycles. The van der Waals surface area contributed by atoms with E-state index in [0.29, 0.717) is 0 Å². The highest BCUT2D eigenvalue weighted by atomic mass is 16.6. The van der Waals surface area contributed by atoms with Gasteiger partial charge >= 0.3 is 17.9 Å². The van der Waals surface area contributed by atoms with E-state index in [0.717, 1.165) is 28.4 Å². The molecule has 3 saturated heterocycles. The smallest absolute Gasteiger partial charge is 0.323 e. The highest BCUT2D eigenvalue weighted by Gasteiger charge is 2.45. The molecule has 6 N–H and O–H groups in total. The molecule has 0 saturated carbocycles. The largest absolute Gasteiger partial charge is 0.493 e. The highest BCUT2D eigenvalue weighted by molar-refractivity contribution is 5.77. The number of hydrogen-bond donors (Lipinski definition) is 3. The minimum absolute atomic E-state index is 0.112. The van der Waals surface area contributed by atoms with Gasteiger partial charge in [-0.25, -0.2) is 0 Å². The molecule has 0 spiro atoms. The fraction of sp³-hybridized carbons (Fsp3) is 0.708. The zero-order valence-electron chi connectivity index (χ0n) is 97.4. The highest BCUT2D eigenvalue weighted by Crippen LogP contribution is 2.48. The first-order valence-electron chi connectivity index (χ1n) is 51.1. The monoisotopic (exact) mass is 1300 g/mol. The van der Waals surface area contributed by atoms with E-state index in [1.807, 2.05) is 0 Å². The molecule has 90 heavy (non-hydrogen) atoms. The normalized spacial score (nSPS) is 45.6. The predicted octanol–water partition coefficient (Wildman–Crippen LogP) is 10.7. The van der Waals surface area contributed by atoms with Crippen LogP contribution >= 0.6 is 0 Å². The fourth-order valence-electron chi connectivity index (χ4n) is 8.85. The van der Waals surface area contributed by atoms with E-state index in [4.69, 9.17) is 92.7 Å². The number of benzene rings is 3. The van der Waals surface area contributed by atoms with Gasteiger partial charge in [0.2, 0.25) is 0 Å². The third-order valence-electron chi connectivity index (χ3n) is 13.9. The number of carbonyl (C=O) groups excluding carboxylic acids is 3. The second-order valence-electron chi connectivity index (χ2n) is 23.4. The standard InChI is InChI=1S/3C24H38N2O4/c3*1-14(2)9-17-13-26-8-7-16-10-21(28-5)22(29-6)11-18(16)19(26)12-20(17)30-24(27)23(25)15(3)4/h3*10-11,14-15,17,19-20,23H,7-9,12-13,25H2,1-6H3/t3*17?,19?,20?,23-/m000/s1/i5D3,7D2,8D2,10D,11D,12D2,13D2,17D,19D,20D;7D2,8D2,10D,11D,12D2,13D2,17D,19D,20D;5D3,7D2,8D2,10D,11D,12D2,13D2,17D,19D. The van der Waals surface area contributed by atoms with E-state index in [2.05, 4.69) is 0 Å². The molecule has 0 radical (unpaired) electrons. The first-order chi connectivity index (χ1) is 59.6. The van der Waals surface area contributed by atoms with Crippen molar-refractivity contribution in [2.24, 2.45) is 70.4 Å². The van der Waals surface area contributed by atoms with Crippen molar-refractivity contribution in [3.63, 3.8) is 0 Å². The first kappa shape index (κ1) is 32.7. The maximum atomic E-state index is 13.3. The van der Waals surface area contributed by atoms with Gasteiger partial charge in [-0.15, -0.1) is 0 Å². The number of hydrogen-bond acceptors (Lipinski definition) is 18. The van der Waals surface area contributed by atoms with Crippen LogP contribution < -0.4 is 45.6 Å². The summed E-state index contributed by atoms with van der Waals surface area (Å²) in [6, 6.07) is -21.9. The van der Waals surface area contributed by atoms with Gasteiger partial charge in [-0.1, -0.05) is 83.1 Å². The molecule has 0 aliphatic carbocycles. The average molecular weight is 1300 g/mol. The Morgan fingerprint density at radius 2 is 0.756 bits per heavy atom. The van der Waals surface area contributed by atoms with Crippen molar-refractivity contribution in [3.05, 3.63) is 69.6 Å². The molecule has 0 bridgehead atoms. The van der Waals surface area contributed by atoms with E-state index < -0.39 is 340 Å². The number of nitrogens with two attached hydrogens (primary N) is 3. The van der Waals surface area contributed by atoms with Gasteiger partial charge in [-0.3, -0.25) is 29.1 Å². The van der Waals surface area contributed by atoms with Gasteiger partial charge in [0, 0.05) is 131 Å². The Morgan fingerprint density at radius 3 is 1.07 bits per heavy atom. The summed E-state index contributed by atoms with van der Waals surface area (Å²) in [5.74, 6) is -22.2. The SMILES string of the molecule is [2H]c1c(OC([2H])([2H])[2H])c(OC)c([2H])c2c1C([2H])([2H])C([2H])([2H])N1C([2H])([2H])C([2H])(CC(C)C)C(OC(=O)[C@@H](N)C(C)C)C([2H])([2H])C21[2H].[2H]c1c(OC([2H])([2H])[2H])c(OC)c([2H])c2c1C([2H])([2H])C([2H])([2H])N1C([2H])([2H])C([2H])(CC(C)C)C([2H])(OC(=O)[C@@H](N)C(C)C)C([2H])([2H])C21[2H].[2H]c1c(OC)c(OC)c([2H])c2c1C([2H])([2H])C([2H])([2H])N1C([2H])([2H])C([2H])(CC(C)C)C([2H])(OC(=O)[C@@H](N)C(C)C)C([2H])([2H])C21[2H]. The predicted molar refractivity (Wildman–Crippen MR) is 353 cm³/mol. The van der Waals surface area contributed by atoms with Crippen LogP contribution in [0.5, 0.6) is 34.5 Å². The van der Waals surface area contributed by atoms with Crippen LogP contribution in [0.4, 0.5) is 0 Å². The van der Waals surface area contributed by atoms with Gasteiger partial charge in [0.1, 0.15) is 36.4 Å². The number of fused-ring (bicyclic) bond motifs is 9. The van der Waals surface area contributed by atoms with Crippen molar-refractivity contribution < 1.29 is 117 Å². The number of rotatable bonds is 21. The van der Waals surface area contributed by atoms with Gasteiger partial charge in [-0.05, 0) is 144 Å².